The number of pyridine rings is 1. The molecule has 5 nitrogen and oxygen atoms in total. The van der Waals surface area contributed by atoms with Crippen molar-refractivity contribution in [2.75, 3.05) is 0 Å². The average molecular weight is 316 g/mol. The molecular weight excluding hydrogens is 300 g/mol. The Kier molecular flexibility index (Phi) is 3.46. The van der Waals surface area contributed by atoms with E-state index in [1.54, 1.807) is 17.0 Å². The van der Waals surface area contributed by atoms with E-state index in [0.29, 0.717) is 17.9 Å². The van der Waals surface area contributed by atoms with Gasteiger partial charge in [-0.25, -0.2) is 15.0 Å². The van der Waals surface area contributed by atoms with Crippen LogP contribution in [-0.4, -0.2) is 25.9 Å². The first-order valence-electron chi connectivity index (χ1n) is 7.72. The van der Waals surface area contributed by atoms with Crippen LogP contribution < -0.4 is 0 Å². The molecular formula is C19H16N4O. The van der Waals surface area contributed by atoms with Crippen LogP contribution in [0.1, 0.15) is 22.6 Å². The van der Waals surface area contributed by atoms with E-state index in [4.69, 9.17) is 0 Å². The number of aromatic hydroxyl groups is 1. The molecule has 0 saturated heterocycles. The van der Waals surface area contributed by atoms with E-state index in [0.717, 1.165) is 22.5 Å². The van der Waals surface area contributed by atoms with Crippen molar-refractivity contribution in [3.63, 3.8) is 0 Å². The molecule has 1 aromatic carbocycles. The molecule has 5 heteroatoms. The molecule has 118 valence electrons. The van der Waals surface area contributed by atoms with E-state index >= 15 is 0 Å². The predicted octanol–water partition coefficient (Wildman–Crippen LogP) is 3.37. The number of aliphatic imine (C=N–C) groups is 1. The summed E-state index contributed by atoms with van der Waals surface area (Å²) in [5, 5.41) is 10.4. The highest BCUT2D eigenvalue weighted by atomic mass is 16.3. The molecule has 0 radical (unpaired) electrons. The number of aromatic nitrogens is 3. The van der Waals surface area contributed by atoms with E-state index < -0.39 is 0 Å². The van der Waals surface area contributed by atoms with Gasteiger partial charge in [0.25, 0.3) is 0 Å². The third-order valence-corrected chi connectivity index (χ3v) is 4.10. The van der Waals surface area contributed by atoms with Gasteiger partial charge in [0.05, 0.1) is 0 Å². The van der Waals surface area contributed by atoms with Gasteiger partial charge in [-0.15, -0.1) is 0 Å². The first-order chi connectivity index (χ1) is 11.7. The maximum absolute atomic E-state index is 10.4. The van der Waals surface area contributed by atoms with Crippen LogP contribution in [0.25, 0.3) is 11.6 Å². The maximum atomic E-state index is 10.4. The zero-order valence-electron chi connectivity index (χ0n) is 13.2. The molecule has 0 unspecified atom stereocenters. The van der Waals surface area contributed by atoms with Crippen LogP contribution in [0.4, 0.5) is 5.82 Å². The van der Waals surface area contributed by atoms with Crippen molar-refractivity contribution in [2.45, 2.75) is 6.42 Å². The molecule has 0 fully saturated rings. The lowest BCUT2D eigenvalue weighted by atomic mass is 10.1. The van der Waals surface area contributed by atoms with Gasteiger partial charge >= 0.3 is 0 Å². The van der Waals surface area contributed by atoms with E-state index in [1.807, 2.05) is 43.5 Å². The maximum Gasteiger partial charge on any atom is 0.218 e. The second kappa shape index (κ2) is 5.77. The summed E-state index contributed by atoms with van der Waals surface area (Å²) < 4.78 is 1.72. The second-order valence-electron chi connectivity index (χ2n) is 5.69. The first-order valence-corrected chi connectivity index (χ1v) is 7.72. The molecule has 1 aliphatic rings. The summed E-state index contributed by atoms with van der Waals surface area (Å²) in [6.07, 6.45) is 5.99. The van der Waals surface area contributed by atoms with Crippen LogP contribution in [-0.2, 0) is 13.5 Å². The van der Waals surface area contributed by atoms with Gasteiger partial charge in [-0.3, -0.25) is 0 Å². The Bertz CT molecular complexity index is 955. The van der Waals surface area contributed by atoms with Crippen molar-refractivity contribution in [1.29, 1.82) is 0 Å². The summed E-state index contributed by atoms with van der Waals surface area (Å²) >= 11 is 0. The summed E-state index contributed by atoms with van der Waals surface area (Å²) in [7, 11) is 1.82. The van der Waals surface area contributed by atoms with E-state index in [-0.39, 0.29) is 5.88 Å². The summed E-state index contributed by atoms with van der Waals surface area (Å²) in [6.45, 7) is 0. The van der Waals surface area contributed by atoms with Gasteiger partial charge in [-0.1, -0.05) is 30.3 Å². The number of imidazole rings is 1. The predicted molar refractivity (Wildman–Crippen MR) is 94.4 cm³/mol. The van der Waals surface area contributed by atoms with E-state index in [1.165, 1.54) is 0 Å². The topological polar surface area (TPSA) is 63.3 Å². The lowest BCUT2D eigenvalue weighted by molar-refractivity contribution is 0.428. The number of benzene rings is 1. The fraction of sp³-hybridized carbons (Fsp3) is 0.105. The molecule has 1 N–H and O–H groups in total. The Labute approximate surface area is 139 Å². The van der Waals surface area contributed by atoms with Gasteiger partial charge < -0.3 is 9.67 Å². The quantitative estimate of drug-likeness (QED) is 0.806. The molecule has 3 heterocycles. The number of nitrogens with zero attached hydrogens (tertiary/aromatic N) is 4. The Morgan fingerprint density at radius 2 is 1.96 bits per heavy atom. The first kappa shape index (κ1) is 14.4. The summed E-state index contributed by atoms with van der Waals surface area (Å²) in [6, 6.07) is 13.9. The minimum Gasteiger partial charge on any atom is -0.493 e. The van der Waals surface area contributed by atoms with E-state index in [9.17, 15) is 5.11 Å². The zero-order chi connectivity index (χ0) is 16.5. The molecule has 0 saturated carbocycles. The smallest absolute Gasteiger partial charge is 0.218 e. The molecule has 3 aromatic rings. The van der Waals surface area contributed by atoms with Crippen molar-refractivity contribution in [2.24, 2.45) is 12.0 Å². The van der Waals surface area contributed by atoms with Gasteiger partial charge in [0, 0.05) is 37.0 Å². The van der Waals surface area contributed by atoms with Crippen LogP contribution in [0.2, 0.25) is 0 Å². The van der Waals surface area contributed by atoms with Gasteiger partial charge in [0.1, 0.15) is 11.5 Å². The minimum absolute atomic E-state index is 0.152. The highest BCUT2D eigenvalue weighted by Crippen LogP contribution is 2.32. The van der Waals surface area contributed by atoms with Crippen molar-refractivity contribution in [3.8, 4) is 5.88 Å². The number of fused-ring (bicyclic) bond motifs is 1. The van der Waals surface area contributed by atoms with Crippen LogP contribution in [0.15, 0.2) is 53.7 Å². The summed E-state index contributed by atoms with van der Waals surface area (Å²) in [5.74, 6) is 1.66. The monoisotopic (exact) mass is 316 g/mol. The molecule has 4 rings (SSSR count). The number of hydrogen-bond donors (Lipinski definition) is 1. The molecule has 0 atom stereocenters. The van der Waals surface area contributed by atoms with Gasteiger partial charge in [-0.05, 0) is 23.8 Å². The van der Waals surface area contributed by atoms with E-state index in [2.05, 4.69) is 27.1 Å². The molecule has 0 spiro atoms. The summed E-state index contributed by atoms with van der Waals surface area (Å²) in [4.78, 5) is 13.1. The van der Waals surface area contributed by atoms with Crippen LogP contribution in [0.5, 0.6) is 5.88 Å². The van der Waals surface area contributed by atoms with Gasteiger partial charge in [-0.2, -0.15) is 0 Å². The Hall–Kier alpha value is -3.21. The van der Waals surface area contributed by atoms with Crippen molar-refractivity contribution >= 4 is 23.7 Å². The minimum atomic E-state index is 0.152. The lowest BCUT2D eigenvalue weighted by Gasteiger charge is -2.02. The van der Waals surface area contributed by atoms with Crippen molar-refractivity contribution in [1.82, 2.24) is 14.5 Å². The number of rotatable bonds is 3. The third-order valence-electron chi connectivity index (χ3n) is 4.10. The second-order valence-corrected chi connectivity index (χ2v) is 5.69. The Morgan fingerprint density at radius 1 is 1.12 bits per heavy atom. The Balaban J connectivity index is 1.69. The van der Waals surface area contributed by atoms with Crippen LogP contribution in [0.3, 0.4) is 0 Å². The normalized spacial score (nSPS) is 14.3. The molecule has 24 heavy (non-hydrogen) atoms. The summed E-state index contributed by atoms with van der Waals surface area (Å²) in [5.41, 5.74) is 3.55. The van der Waals surface area contributed by atoms with Crippen molar-refractivity contribution in [3.05, 3.63) is 71.3 Å². The molecule has 0 amide bonds. The standard InChI is InChI=1S/C19H16N4O/c1-23-17(10-13-6-3-2-4-7-13)22-16(19(23)24)11-14-12-21-18-15(14)8-5-9-20-18/h2-9,11-12,24H,10H2,1H3. The largest absolute Gasteiger partial charge is 0.493 e. The molecule has 2 aromatic heterocycles. The lowest BCUT2D eigenvalue weighted by Crippen LogP contribution is -1.98. The molecule has 1 aliphatic heterocycles. The van der Waals surface area contributed by atoms with Gasteiger partial charge in [0.2, 0.25) is 5.88 Å². The number of allylic oxidation sites excluding steroid dienone is 1. The number of hydrogen-bond acceptors (Lipinski definition) is 4. The molecule has 0 bridgehead atoms. The van der Waals surface area contributed by atoms with Gasteiger partial charge in [0.15, 0.2) is 5.82 Å². The Morgan fingerprint density at radius 3 is 2.79 bits per heavy atom. The SMILES string of the molecule is Cn1c(Cc2ccccc2)nc(C=C2C=Nc3ncccc32)c1O. The fourth-order valence-electron chi connectivity index (χ4n) is 2.78. The average Bonchev–Trinajstić information content (AvgIpc) is 3.13. The highest BCUT2D eigenvalue weighted by molar-refractivity contribution is 6.20. The van der Waals surface area contributed by atoms with Crippen molar-refractivity contribution < 1.29 is 5.11 Å². The highest BCUT2D eigenvalue weighted by Gasteiger charge is 2.17. The van der Waals surface area contributed by atoms with Crippen LogP contribution >= 0.6 is 0 Å². The molecule has 0 aliphatic carbocycles. The third kappa shape index (κ3) is 2.50. The van der Waals surface area contributed by atoms with Crippen LogP contribution in [0, 0.1) is 0 Å². The zero-order valence-corrected chi connectivity index (χ0v) is 13.2. The fourth-order valence-corrected chi connectivity index (χ4v) is 2.78.